The van der Waals surface area contributed by atoms with E-state index in [2.05, 4.69) is 0 Å². The zero-order valence-corrected chi connectivity index (χ0v) is 9.15. The molecule has 3 nitrogen and oxygen atoms in total. The molecule has 0 saturated heterocycles. The molecule has 11 heavy (non-hydrogen) atoms. The lowest BCUT2D eigenvalue weighted by Crippen LogP contribution is -2.17. The highest BCUT2D eigenvalue weighted by atomic mass is 32.4. The minimum Gasteiger partial charge on any atom is -0.399 e. The van der Waals surface area contributed by atoms with Crippen molar-refractivity contribution in [2.45, 2.75) is 26.2 Å². The molecule has 0 aromatic rings. The molecule has 0 rings (SSSR count). The first-order chi connectivity index (χ1) is 5.12. The van der Waals surface area contributed by atoms with E-state index in [1.165, 1.54) is 0 Å². The molecular formula is C6H16O3SSi. The van der Waals surface area contributed by atoms with Crippen LogP contribution in [0.15, 0.2) is 0 Å². The standard InChI is InChI=1S/C6H16O3SSi/c1-2-3-4-5-10(8,9)11-6-7/h7H,2-6,11H2,1H3. The Bertz CT molecular complexity index is 176. The first-order valence-corrected chi connectivity index (χ1v) is 8.49. The van der Waals surface area contributed by atoms with Crippen molar-refractivity contribution < 1.29 is 13.5 Å². The van der Waals surface area contributed by atoms with E-state index >= 15 is 0 Å². The maximum atomic E-state index is 11.0. The van der Waals surface area contributed by atoms with Crippen LogP contribution in [0.3, 0.4) is 0 Å². The fourth-order valence-corrected chi connectivity index (χ4v) is 4.00. The predicted octanol–water partition coefficient (Wildman–Crippen LogP) is -0.375. The van der Waals surface area contributed by atoms with Crippen LogP contribution in [-0.2, 0) is 9.29 Å². The average molecular weight is 196 g/mol. The Hall–Kier alpha value is 0.127. The molecule has 0 saturated carbocycles. The molecule has 0 amide bonds. The van der Waals surface area contributed by atoms with Crippen LogP contribution in [0.4, 0.5) is 0 Å². The summed E-state index contributed by atoms with van der Waals surface area (Å²) in [6.07, 6.45) is 2.65. The lowest BCUT2D eigenvalue weighted by atomic mass is 10.3. The summed E-state index contributed by atoms with van der Waals surface area (Å²) in [5, 5.41) is 8.44. The van der Waals surface area contributed by atoms with Gasteiger partial charge in [-0.05, 0) is 6.42 Å². The van der Waals surface area contributed by atoms with Gasteiger partial charge < -0.3 is 5.11 Å². The summed E-state index contributed by atoms with van der Waals surface area (Å²) in [5.74, 6) is 0.285. The van der Waals surface area contributed by atoms with E-state index in [1.807, 2.05) is 6.92 Å². The van der Waals surface area contributed by atoms with Gasteiger partial charge in [0, 0.05) is 12.0 Å². The first kappa shape index (κ1) is 11.1. The Balaban J connectivity index is 3.56. The quantitative estimate of drug-likeness (QED) is 0.466. The van der Waals surface area contributed by atoms with Crippen LogP contribution in [-0.4, -0.2) is 34.2 Å². The maximum Gasteiger partial charge on any atom is 0.191 e. The zero-order chi connectivity index (χ0) is 8.74. The topological polar surface area (TPSA) is 54.4 Å². The normalized spacial score (nSPS) is 12.9. The highest BCUT2D eigenvalue weighted by molar-refractivity contribution is 8.15. The molecule has 0 aromatic heterocycles. The lowest BCUT2D eigenvalue weighted by molar-refractivity contribution is 0.368. The third-order valence-electron chi connectivity index (χ3n) is 1.46. The summed E-state index contributed by atoms with van der Waals surface area (Å²) in [5.41, 5.74) is 0. The van der Waals surface area contributed by atoms with Gasteiger partial charge >= 0.3 is 0 Å². The average Bonchev–Trinajstić information content (AvgIpc) is 1.87. The fraction of sp³-hybridized carbons (Fsp3) is 1.00. The van der Waals surface area contributed by atoms with Crippen molar-refractivity contribution in [3.05, 3.63) is 0 Å². The number of aliphatic hydroxyl groups excluding tert-OH is 1. The second-order valence-corrected chi connectivity index (χ2v) is 9.20. The third kappa shape index (κ3) is 6.52. The highest BCUT2D eigenvalue weighted by Crippen LogP contribution is 1.98. The summed E-state index contributed by atoms with van der Waals surface area (Å²) in [4.78, 5) is 0. The summed E-state index contributed by atoms with van der Waals surface area (Å²) >= 11 is 0. The minimum atomic E-state index is -2.82. The van der Waals surface area contributed by atoms with Crippen LogP contribution >= 0.6 is 0 Å². The molecule has 0 aliphatic heterocycles. The number of aliphatic hydroxyl groups is 1. The van der Waals surface area contributed by atoms with Gasteiger partial charge in [0.1, 0.15) is 9.29 Å². The Morgan fingerprint density at radius 3 is 2.45 bits per heavy atom. The summed E-state index contributed by atoms with van der Waals surface area (Å²) in [6, 6.07) is 0. The molecular weight excluding hydrogens is 180 g/mol. The van der Waals surface area contributed by atoms with Gasteiger partial charge in [0.25, 0.3) is 0 Å². The van der Waals surface area contributed by atoms with Gasteiger partial charge in [-0.25, -0.2) is 8.42 Å². The summed E-state index contributed by atoms with van der Waals surface area (Å²) in [6.45, 7) is 2.04. The molecule has 0 aliphatic rings. The lowest BCUT2D eigenvalue weighted by Gasteiger charge is -1.99. The molecule has 0 aromatic carbocycles. The Morgan fingerprint density at radius 1 is 1.36 bits per heavy atom. The van der Waals surface area contributed by atoms with Crippen LogP contribution in [0, 0.1) is 0 Å². The summed E-state index contributed by atoms with van der Waals surface area (Å²) < 4.78 is 22.0. The van der Waals surface area contributed by atoms with Crippen LogP contribution in [0.25, 0.3) is 0 Å². The van der Waals surface area contributed by atoms with Gasteiger partial charge in [0.05, 0.1) is 0 Å². The molecule has 0 bridgehead atoms. The predicted molar refractivity (Wildman–Crippen MR) is 48.9 cm³/mol. The van der Waals surface area contributed by atoms with Crippen molar-refractivity contribution >= 4 is 18.0 Å². The fourth-order valence-electron chi connectivity index (χ4n) is 0.813. The second kappa shape index (κ2) is 5.74. The van der Waals surface area contributed by atoms with E-state index in [-0.39, 0.29) is 12.0 Å². The van der Waals surface area contributed by atoms with Crippen molar-refractivity contribution in [1.82, 2.24) is 0 Å². The van der Waals surface area contributed by atoms with Gasteiger partial charge in [-0.3, -0.25) is 0 Å². The first-order valence-electron chi connectivity index (χ1n) is 3.93. The third-order valence-corrected chi connectivity index (χ3v) is 6.46. The van der Waals surface area contributed by atoms with Gasteiger partial charge in [-0.1, -0.05) is 19.8 Å². The van der Waals surface area contributed by atoms with Crippen LogP contribution in [0.5, 0.6) is 0 Å². The van der Waals surface area contributed by atoms with E-state index in [0.717, 1.165) is 19.3 Å². The molecule has 0 atom stereocenters. The van der Waals surface area contributed by atoms with Gasteiger partial charge in [-0.15, -0.1) is 0 Å². The largest absolute Gasteiger partial charge is 0.399 e. The smallest absolute Gasteiger partial charge is 0.191 e. The molecule has 1 N–H and O–H groups in total. The monoisotopic (exact) mass is 196 g/mol. The van der Waals surface area contributed by atoms with Crippen molar-refractivity contribution in [3.8, 4) is 0 Å². The SMILES string of the molecule is CCCCCS(=O)(=O)[SiH2]CO. The molecule has 0 aliphatic carbocycles. The number of hydrogen-bond donors (Lipinski definition) is 1. The van der Waals surface area contributed by atoms with E-state index in [1.54, 1.807) is 0 Å². The Kier molecular flexibility index (Phi) is 5.80. The van der Waals surface area contributed by atoms with E-state index in [4.69, 9.17) is 5.11 Å². The van der Waals surface area contributed by atoms with Crippen molar-refractivity contribution in [2.24, 2.45) is 0 Å². The number of unbranched alkanes of at least 4 members (excludes halogenated alkanes) is 2. The Labute approximate surface area is 70.2 Å². The minimum absolute atomic E-state index is 0.117. The molecule has 0 fully saturated rings. The van der Waals surface area contributed by atoms with Gasteiger partial charge in [-0.2, -0.15) is 0 Å². The molecule has 68 valence electrons. The molecule has 5 heteroatoms. The van der Waals surface area contributed by atoms with Gasteiger partial charge in [0.15, 0.2) is 8.67 Å². The van der Waals surface area contributed by atoms with Crippen LogP contribution in [0.2, 0.25) is 0 Å². The van der Waals surface area contributed by atoms with Crippen molar-refractivity contribution in [3.63, 3.8) is 0 Å². The second-order valence-electron chi connectivity index (χ2n) is 2.58. The molecule has 0 unspecified atom stereocenters. The van der Waals surface area contributed by atoms with Crippen molar-refractivity contribution in [2.75, 3.05) is 12.0 Å². The van der Waals surface area contributed by atoms with Crippen LogP contribution in [0.1, 0.15) is 26.2 Å². The maximum absolute atomic E-state index is 11.0. The van der Waals surface area contributed by atoms with Crippen LogP contribution < -0.4 is 0 Å². The molecule has 0 radical (unpaired) electrons. The zero-order valence-electron chi connectivity index (χ0n) is 6.91. The molecule has 0 heterocycles. The molecule has 0 spiro atoms. The van der Waals surface area contributed by atoms with E-state index < -0.39 is 18.0 Å². The summed E-state index contributed by atoms with van der Waals surface area (Å²) in [7, 11) is -4.07. The van der Waals surface area contributed by atoms with E-state index in [0.29, 0.717) is 0 Å². The highest BCUT2D eigenvalue weighted by Gasteiger charge is 2.08. The van der Waals surface area contributed by atoms with E-state index in [9.17, 15) is 8.42 Å². The number of rotatable bonds is 6. The van der Waals surface area contributed by atoms with Gasteiger partial charge in [0.2, 0.25) is 0 Å². The Morgan fingerprint density at radius 2 is 2.00 bits per heavy atom. The van der Waals surface area contributed by atoms with Crippen molar-refractivity contribution in [1.29, 1.82) is 0 Å². The number of hydrogen-bond acceptors (Lipinski definition) is 3.